The first-order valence-corrected chi connectivity index (χ1v) is 7.47. The van der Waals surface area contributed by atoms with Gasteiger partial charge in [0, 0.05) is 11.8 Å². The van der Waals surface area contributed by atoms with Gasteiger partial charge in [0.2, 0.25) is 5.79 Å². The van der Waals surface area contributed by atoms with Crippen molar-refractivity contribution >= 4 is 6.16 Å². The fraction of sp³-hybridized carbons (Fsp3) is 0.588. The Labute approximate surface area is 125 Å². The Kier molecular flexibility index (Phi) is 3.06. The van der Waals surface area contributed by atoms with Gasteiger partial charge in [-0.15, -0.1) is 0 Å². The standard InChI is InChI=1S/C17H22O4/c1-15(2)12-9-10-16(15,3)17(19,11-12)21-14(18)20-13-7-5-4-6-8-13/h4-8,12,19H,9-11H2,1-3H3. The Morgan fingerprint density at radius 2 is 1.90 bits per heavy atom. The van der Waals surface area contributed by atoms with E-state index in [1.807, 2.05) is 13.0 Å². The van der Waals surface area contributed by atoms with Gasteiger partial charge in [-0.05, 0) is 36.3 Å². The number of hydrogen-bond acceptors (Lipinski definition) is 4. The lowest BCUT2D eigenvalue weighted by atomic mass is 9.68. The molecule has 0 aliphatic heterocycles. The summed E-state index contributed by atoms with van der Waals surface area (Å²) in [5, 5.41) is 10.9. The normalized spacial score (nSPS) is 36.5. The Morgan fingerprint density at radius 3 is 2.43 bits per heavy atom. The van der Waals surface area contributed by atoms with E-state index >= 15 is 0 Å². The zero-order valence-electron chi connectivity index (χ0n) is 12.8. The first-order valence-electron chi connectivity index (χ1n) is 7.47. The van der Waals surface area contributed by atoms with Crippen LogP contribution in [0.5, 0.6) is 5.75 Å². The third-order valence-electron chi connectivity index (χ3n) is 6.02. The van der Waals surface area contributed by atoms with Gasteiger partial charge in [-0.3, -0.25) is 0 Å². The number of aliphatic hydroxyl groups is 1. The van der Waals surface area contributed by atoms with Crippen LogP contribution in [0.4, 0.5) is 4.79 Å². The predicted molar refractivity (Wildman–Crippen MR) is 77.7 cm³/mol. The highest BCUT2D eigenvalue weighted by atomic mass is 16.8. The van der Waals surface area contributed by atoms with E-state index in [0.717, 1.165) is 12.8 Å². The molecule has 2 saturated carbocycles. The van der Waals surface area contributed by atoms with Gasteiger partial charge in [-0.1, -0.05) is 39.0 Å². The molecule has 1 aromatic carbocycles. The van der Waals surface area contributed by atoms with Crippen LogP contribution >= 0.6 is 0 Å². The van der Waals surface area contributed by atoms with Gasteiger partial charge < -0.3 is 14.6 Å². The van der Waals surface area contributed by atoms with E-state index < -0.39 is 17.4 Å². The molecule has 0 amide bonds. The average molecular weight is 290 g/mol. The fourth-order valence-electron chi connectivity index (χ4n) is 4.11. The number of carbonyl (C=O) groups is 1. The first-order chi connectivity index (χ1) is 9.78. The fourth-order valence-corrected chi connectivity index (χ4v) is 4.11. The van der Waals surface area contributed by atoms with Crippen molar-refractivity contribution < 1.29 is 19.4 Å². The SMILES string of the molecule is CC1(C)C2CCC1(C)C(O)(OC(=O)Oc1ccccc1)C2. The highest BCUT2D eigenvalue weighted by molar-refractivity contribution is 5.64. The monoisotopic (exact) mass is 290 g/mol. The molecule has 4 heteroatoms. The summed E-state index contributed by atoms with van der Waals surface area (Å²) in [6.07, 6.45) is 1.58. The van der Waals surface area contributed by atoms with Crippen LogP contribution in [0.2, 0.25) is 0 Å². The first kappa shape index (κ1) is 14.4. The van der Waals surface area contributed by atoms with E-state index in [2.05, 4.69) is 13.8 Å². The van der Waals surface area contributed by atoms with Crippen molar-refractivity contribution in [2.24, 2.45) is 16.7 Å². The van der Waals surface area contributed by atoms with E-state index in [1.165, 1.54) is 0 Å². The van der Waals surface area contributed by atoms with Crippen molar-refractivity contribution in [1.29, 1.82) is 0 Å². The molecule has 0 spiro atoms. The molecule has 0 heterocycles. The molecule has 3 atom stereocenters. The average Bonchev–Trinajstić information content (AvgIpc) is 2.71. The maximum absolute atomic E-state index is 12.0. The van der Waals surface area contributed by atoms with Gasteiger partial charge in [0.05, 0.1) is 0 Å². The maximum atomic E-state index is 12.0. The smallest absolute Gasteiger partial charge is 0.401 e. The topological polar surface area (TPSA) is 55.8 Å². The maximum Gasteiger partial charge on any atom is 0.516 e. The molecule has 2 fully saturated rings. The number of hydrogen-bond donors (Lipinski definition) is 1. The highest BCUT2D eigenvalue weighted by Gasteiger charge is 2.71. The summed E-state index contributed by atoms with van der Waals surface area (Å²) in [5.41, 5.74) is -0.477. The van der Waals surface area contributed by atoms with Gasteiger partial charge >= 0.3 is 6.16 Å². The zero-order valence-corrected chi connectivity index (χ0v) is 12.8. The summed E-state index contributed by atoms with van der Waals surface area (Å²) in [6, 6.07) is 8.75. The quantitative estimate of drug-likeness (QED) is 0.512. The van der Waals surface area contributed by atoms with Crippen LogP contribution in [0, 0.1) is 16.7 Å². The summed E-state index contributed by atoms with van der Waals surface area (Å²) in [6.45, 7) is 6.30. The molecule has 1 aromatic rings. The Bertz CT molecular complexity index is 553. The van der Waals surface area contributed by atoms with Gasteiger partial charge in [0.15, 0.2) is 0 Å². The number of fused-ring (bicyclic) bond motifs is 2. The van der Waals surface area contributed by atoms with Crippen molar-refractivity contribution in [2.45, 2.75) is 45.8 Å². The lowest BCUT2D eigenvalue weighted by Gasteiger charge is -2.43. The largest absolute Gasteiger partial charge is 0.516 e. The van der Waals surface area contributed by atoms with Crippen molar-refractivity contribution in [2.75, 3.05) is 0 Å². The minimum absolute atomic E-state index is 0.0468. The second kappa shape index (κ2) is 4.47. The third kappa shape index (κ3) is 1.96. The van der Waals surface area contributed by atoms with Gasteiger partial charge in [-0.25, -0.2) is 4.79 Å². The van der Waals surface area contributed by atoms with Crippen LogP contribution in [0.3, 0.4) is 0 Å². The summed E-state index contributed by atoms with van der Waals surface area (Å²) in [7, 11) is 0. The highest BCUT2D eigenvalue weighted by Crippen LogP contribution is 2.69. The van der Waals surface area contributed by atoms with Crippen LogP contribution in [0.1, 0.15) is 40.0 Å². The van der Waals surface area contributed by atoms with Crippen LogP contribution in [-0.2, 0) is 4.74 Å². The summed E-state index contributed by atoms with van der Waals surface area (Å²) < 4.78 is 10.5. The molecule has 2 aliphatic rings. The number of benzene rings is 1. The lowest BCUT2D eigenvalue weighted by Crippen LogP contribution is -2.50. The number of rotatable bonds is 2. The molecule has 0 saturated heterocycles. The second-order valence-electron chi connectivity index (χ2n) is 7.05. The zero-order chi connectivity index (χ0) is 15.3. The van der Waals surface area contributed by atoms with Crippen LogP contribution in [-0.4, -0.2) is 17.0 Å². The summed E-state index contributed by atoms with van der Waals surface area (Å²) in [4.78, 5) is 12.0. The molecule has 2 bridgehead atoms. The van der Waals surface area contributed by atoms with Gasteiger partial charge in [0.25, 0.3) is 0 Å². The molecule has 114 valence electrons. The van der Waals surface area contributed by atoms with E-state index in [1.54, 1.807) is 24.3 Å². The number of carbonyl (C=O) groups excluding carboxylic acids is 1. The van der Waals surface area contributed by atoms with Crippen molar-refractivity contribution in [3.63, 3.8) is 0 Å². The van der Waals surface area contributed by atoms with Crippen LogP contribution in [0.15, 0.2) is 30.3 Å². The second-order valence-corrected chi connectivity index (χ2v) is 7.05. The van der Waals surface area contributed by atoms with Crippen molar-refractivity contribution in [3.05, 3.63) is 30.3 Å². The van der Waals surface area contributed by atoms with Crippen molar-refractivity contribution in [1.82, 2.24) is 0 Å². The molecule has 1 N–H and O–H groups in total. The molecule has 4 nitrogen and oxygen atoms in total. The Hall–Kier alpha value is -1.55. The predicted octanol–water partition coefficient (Wildman–Crippen LogP) is 3.74. The summed E-state index contributed by atoms with van der Waals surface area (Å²) >= 11 is 0. The van der Waals surface area contributed by atoms with Crippen molar-refractivity contribution in [3.8, 4) is 5.75 Å². The molecule has 3 rings (SSSR count). The number of ether oxygens (including phenoxy) is 2. The van der Waals surface area contributed by atoms with Gasteiger partial charge in [-0.2, -0.15) is 0 Å². The molecule has 3 unspecified atom stereocenters. The molecule has 21 heavy (non-hydrogen) atoms. The van der Waals surface area contributed by atoms with E-state index in [0.29, 0.717) is 18.1 Å². The Balaban J connectivity index is 1.75. The van der Waals surface area contributed by atoms with E-state index in [4.69, 9.17) is 9.47 Å². The van der Waals surface area contributed by atoms with Crippen LogP contribution < -0.4 is 4.74 Å². The molecular formula is C17H22O4. The summed E-state index contributed by atoms with van der Waals surface area (Å²) in [5.74, 6) is -0.652. The van der Waals surface area contributed by atoms with E-state index in [9.17, 15) is 9.90 Å². The molecule has 2 aliphatic carbocycles. The molecular weight excluding hydrogens is 268 g/mol. The lowest BCUT2D eigenvalue weighted by molar-refractivity contribution is -0.245. The third-order valence-corrected chi connectivity index (χ3v) is 6.02. The molecule has 0 radical (unpaired) electrons. The van der Waals surface area contributed by atoms with Gasteiger partial charge in [0.1, 0.15) is 5.75 Å². The van der Waals surface area contributed by atoms with Crippen LogP contribution in [0.25, 0.3) is 0 Å². The Morgan fingerprint density at radius 1 is 1.24 bits per heavy atom. The van der Waals surface area contributed by atoms with E-state index in [-0.39, 0.29) is 5.41 Å². The molecule has 0 aromatic heterocycles. The minimum atomic E-state index is -1.44. The minimum Gasteiger partial charge on any atom is -0.401 e. The number of para-hydroxylation sites is 1.